The summed E-state index contributed by atoms with van der Waals surface area (Å²) < 4.78 is 11.3. The Kier molecular flexibility index (Phi) is 4.93. The van der Waals surface area contributed by atoms with E-state index in [4.69, 9.17) is 9.15 Å². The summed E-state index contributed by atoms with van der Waals surface area (Å²) in [6.45, 7) is 7.87. The molecule has 1 aliphatic heterocycles. The minimum absolute atomic E-state index is 0.0601. The molecular weight excluding hydrogens is 242 g/mol. The molecule has 1 aromatic rings. The molecule has 2 rings (SSSR count). The lowest BCUT2D eigenvalue weighted by Crippen LogP contribution is -2.35. The van der Waals surface area contributed by atoms with Gasteiger partial charge in [0.15, 0.2) is 0 Å². The van der Waals surface area contributed by atoms with Crippen molar-refractivity contribution in [3.8, 4) is 0 Å². The number of ether oxygens (including phenoxy) is 1. The molecule has 0 aliphatic carbocycles. The van der Waals surface area contributed by atoms with Crippen molar-refractivity contribution in [3.63, 3.8) is 0 Å². The lowest BCUT2D eigenvalue weighted by atomic mass is 10.0. The Labute approximate surface area is 115 Å². The third kappa shape index (κ3) is 5.28. The second-order valence-corrected chi connectivity index (χ2v) is 6.22. The predicted octanol–water partition coefficient (Wildman–Crippen LogP) is 2.46. The molecule has 1 atom stereocenters. The van der Waals surface area contributed by atoms with Crippen LogP contribution in [0.5, 0.6) is 0 Å². The van der Waals surface area contributed by atoms with Gasteiger partial charge in [0, 0.05) is 18.6 Å². The van der Waals surface area contributed by atoms with Gasteiger partial charge >= 0.3 is 0 Å². The Balaban J connectivity index is 1.74. The van der Waals surface area contributed by atoms with Crippen LogP contribution >= 0.6 is 0 Å². The predicted molar refractivity (Wildman–Crippen MR) is 72.8 cm³/mol. The van der Waals surface area contributed by atoms with E-state index in [-0.39, 0.29) is 5.54 Å². The van der Waals surface area contributed by atoms with Crippen LogP contribution in [0.4, 0.5) is 0 Å². The topological polar surface area (TPSA) is 60.2 Å². The van der Waals surface area contributed by atoms with Crippen molar-refractivity contribution in [1.82, 2.24) is 15.5 Å². The van der Waals surface area contributed by atoms with Gasteiger partial charge in [-0.15, -0.1) is 10.2 Å². The fraction of sp³-hybridized carbons (Fsp3) is 0.857. The molecule has 1 unspecified atom stereocenters. The van der Waals surface area contributed by atoms with Crippen LogP contribution in [-0.2, 0) is 17.7 Å². The number of aromatic nitrogens is 2. The SMILES string of the molecule is CC(C)(C)NCc1nnc(CCC2CCCCO2)o1. The molecule has 19 heavy (non-hydrogen) atoms. The molecule has 5 nitrogen and oxygen atoms in total. The van der Waals surface area contributed by atoms with E-state index in [0.29, 0.717) is 18.5 Å². The molecule has 1 saturated heterocycles. The number of hydrogen-bond acceptors (Lipinski definition) is 5. The van der Waals surface area contributed by atoms with Gasteiger partial charge in [0.2, 0.25) is 11.8 Å². The van der Waals surface area contributed by atoms with Crippen LogP contribution in [-0.4, -0.2) is 28.4 Å². The van der Waals surface area contributed by atoms with Gasteiger partial charge in [0.05, 0.1) is 12.6 Å². The molecule has 1 aliphatic rings. The summed E-state index contributed by atoms with van der Waals surface area (Å²) in [7, 11) is 0. The maximum atomic E-state index is 5.70. The summed E-state index contributed by atoms with van der Waals surface area (Å²) in [4.78, 5) is 0. The van der Waals surface area contributed by atoms with Crippen molar-refractivity contribution >= 4 is 0 Å². The van der Waals surface area contributed by atoms with Crippen molar-refractivity contribution in [2.24, 2.45) is 0 Å². The van der Waals surface area contributed by atoms with E-state index in [9.17, 15) is 0 Å². The lowest BCUT2D eigenvalue weighted by molar-refractivity contribution is 0.0105. The highest BCUT2D eigenvalue weighted by Crippen LogP contribution is 2.17. The largest absolute Gasteiger partial charge is 0.424 e. The molecule has 5 heteroatoms. The Bertz CT molecular complexity index is 378. The van der Waals surface area contributed by atoms with E-state index >= 15 is 0 Å². The molecule has 0 radical (unpaired) electrons. The average molecular weight is 267 g/mol. The third-order valence-corrected chi connectivity index (χ3v) is 3.23. The number of hydrogen-bond donors (Lipinski definition) is 1. The normalized spacial score (nSPS) is 20.7. The number of nitrogens with zero attached hydrogens (tertiary/aromatic N) is 2. The Morgan fingerprint density at radius 2 is 2.00 bits per heavy atom. The lowest BCUT2D eigenvalue weighted by Gasteiger charge is -2.21. The summed E-state index contributed by atoms with van der Waals surface area (Å²) in [6.07, 6.45) is 5.79. The highest BCUT2D eigenvalue weighted by Gasteiger charge is 2.16. The first-order valence-corrected chi connectivity index (χ1v) is 7.21. The zero-order valence-corrected chi connectivity index (χ0v) is 12.2. The van der Waals surface area contributed by atoms with Crippen LogP contribution in [0.1, 0.15) is 58.2 Å². The van der Waals surface area contributed by atoms with Gasteiger partial charge in [0.25, 0.3) is 0 Å². The van der Waals surface area contributed by atoms with E-state index in [0.717, 1.165) is 31.8 Å². The maximum Gasteiger partial charge on any atom is 0.230 e. The van der Waals surface area contributed by atoms with Gasteiger partial charge in [-0.05, 0) is 46.5 Å². The Hall–Kier alpha value is -0.940. The summed E-state index contributed by atoms with van der Waals surface area (Å²) in [5.41, 5.74) is 0.0601. The van der Waals surface area contributed by atoms with Crippen LogP contribution in [0.3, 0.4) is 0 Å². The molecule has 0 amide bonds. The van der Waals surface area contributed by atoms with Crippen LogP contribution < -0.4 is 5.32 Å². The molecule has 1 aromatic heterocycles. The molecule has 1 fully saturated rings. The molecular formula is C14H25N3O2. The molecule has 0 saturated carbocycles. The summed E-state index contributed by atoms with van der Waals surface area (Å²) in [6, 6.07) is 0. The van der Waals surface area contributed by atoms with Crippen LogP contribution in [0.15, 0.2) is 4.42 Å². The van der Waals surface area contributed by atoms with Gasteiger partial charge in [-0.3, -0.25) is 0 Å². The van der Waals surface area contributed by atoms with Crippen molar-refractivity contribution in [3.05, 3.63) is 11.8 Å². The minimum Gasteiger partial charge on any atom is -0.424 e. The number of aryl methyl sites for hydroxylation is 1. The number of rotatable bonds is 5. The molecule has 0 aromatic carbocycles. The van der Waals surface area contributed by atoms with Crippen molar-refractivity contribution in [2.75, 3.05) is 6.61 Å². The fourth-order valence-corrected chi connectivity index (χ4v) is 2.12. The van der Waals surface area contributed by atoms with Gasteiger partial charge in [0.1, 0.15) is 0 Å². The van der Waals surface area contributed by atoms with Gasteiger partial charge in [-0.2, -0.15) is 0 Å². The second kappa shape index (κ2) is 6.48. The number of nitrogens with one attached hydrogen (secondary N) is 1. The smallest absolute Gasteiger partial charge is 0.230 e. The zero-order valence-electron chi connectivity index (χ0n) is 12.2. The van der Waals surface area contributed by atoms with E-state index in [2.05, 4.69) is 36.3 Å². The highest BCUT2D eigenvalue weighted by molar-refractivity contribution is 4.84. The Morgan fingerprint density at radius 3 is 2.68 bits per heavy atom. The first-order valence-electron chi connectivity index (χ1n) is 7.21. The average Bonchev–Trinajstić information content (AvgIpc) is 2.82. The third-order valence-electron chi connectivity index (χ3n) is 3.23. The van der Waals surface area contributed by atoms with Gasteiger partial charge in [-0.1, -0.05) is 0 Å². The van der Waals surface area contributed by atoms with Crippen molar-refractivity contribution in [2.45, 2.75) is 71.1 Å². The quantitative estimate of drug-likeness (QED) is 0.888. The van der Waals surface area contributed by atoms with E-state index < -0.39 is 0 Å². The first-order chi connectivity index (χ1) is 9.03. The zero-order chi connectivity index (χ0) is 13.7. The molecule has 108 valence electrons. The summed E-state index contributed by atoms with van der Waals surface area (Å²) in [5.74, 6) is 1.38. The van der Waals surface area contributed by atoms with Crippen LogP contribution in [0.2, 0.25) is 0 Å². The summed E-state index contributed by atoms with van der Waals surface area (Å²) >= 11 is 0. The van der Waals surface area contributed by atoms with Crippen molar-refractivity contribution in [1.29, 1.82) is 0 Å². The molecule has 0 bridgehead atoms. The van der Waals surface area contributed by atoms with Gasteiger partial charge < -0.3 is 14.5 Å². The molecule has 0 spiro atoms. The maximum absolute atomic E-state index is 5.70. The van der Waals surface area contributed by atoms with E-state index in [1.165, 1.54) is 12.8 Å². The molecule has 1 N–H and O–H groups in total. The summed E-state index contributed by atoms with van der Waals surface area (Å²) in [5, 5.41) is 11.5. The van der Waals surface area contributed by atoms with Gasteiger partial charge in [-0.25, -0.2) is 0 Å². The Morgan fingerprint density at radius 1 is 1.21 bits per heavy atom. The van der Waals surface area contributed by atoms with E-state index in [1.807, 2.05) is 0 Å². The highest BCUT2D eigenvalue weighted by atomic mass is 16.5. The fourth-order valence-electron chi connectivity index (χ4n) is 2.12. The first kappa shape index (κ1) is 14.5. The van der Waals surface area contributed by atoms with Crippen LogP contribution in [0.25, 0.3) is 0 Å². The second-order valence-electron chi connectivity index (χ2n) is 6.22. The standard InChI is InChI=1S/C14H25N3O2/c1-14(2,3)15-10-13-17-16-12(19-13)8-7-11-6-4-5-9-18-11/h11,15H,4-10H2,1-3H3. The minimum atomic E-state index is 0.0601. The van der Waals surface area contributed by atoms with Crippen LogP contribution in [0, 0.1) is 0 Å². The monoisotopic (exact) mass is 267 g/mol. The van der Waals surface area contributed by atoms with E-state index in [1.54, 1.807) is 0 Å². The molecule has 2 heterocycles. The van der Waals surface area contributed by atoms with Crippen molar-refractivity contribution < 1.29 is 9.15 Å².